The topological polar surface area (TPSA) is 26.8 Å². The largest absolute Gasteiger partial charge is 0.339 e. The fourth-order valence-electron chi connectivity index (χ4n) is 4.82. The minimum Gasteiger partial charge on any atom is -0.339 e. The van der Waals surface area contributed by atoms with Gasteiger partial charge >= 0.3 is 0 Å². The van der Waals surface area contributed by atoms with Gasteiger partial charge in [0.15, 0.2) is 0 Å². The number of carbonyl (C=O) groups excluding carboxylic acids is 1. The summed E-state index contributed by atoms with van der Waals surface area (Å²) in [6.45, 7) is 8.66. The number of anilines is 2. The highest BCUT2D eigenvalue weighted by molar-refractivity contribution is 5.95. The summed E-state index contributed by atoms with van der Waals surface area (Å²) in [5.74, 6) is 0.104. The first-order valence-corrected chi connectivity index (χ1v) is 12.2. The lowest BCUT2D eigenvalue weighted by molar-refractivity contribution is 0.0773. The smallest absolute Gasteiger partial charge is 0.253 e. The molecule has 0 N–H and O–H groups in total. The molecule has 4 rings (SSSR count). The van der Waals surface area contributed by atoms with E-state index >= 15 is 0 Å². The Morgan fingerprint density at radius 2 is 1.42 bits per heavy atom. The van der Waals surface area contributed by atoms with E-state index in [2.05, 4.69) is 82.6 Å². The SMILES string of the molecule is CCN(CC)C(=O)c1cccc(N(c2ccccc2)C2CCN(Cc3ccccc3)CC2)c1. The Labute approximate surface area is 198 Å². The zero-order valence-electron chi connectivity index (χ0n) is 19.9. The van der Waals surface area contributed by atoms with Crippen molar-refractivity contribution >= 4 is 17.3 Å². The molecular formula is C29H35N3O. The van der Waals surface area contributed by atoms with Gasteiger partial charge in [0.05, 0.1) is 0 Å². The van der Waals surface area contributed by atoms with E-state index in [-0.39, 0.29) is 5.91 Å². The molecule has 3 aromatic rings. The average molecular weight is 442 g/mol. The van der Waals surface area contributed by atoms with Gasteiger partial charge in [-0.1, -0.05) is 54.6 Å². The zero-order valence-corrected chi connectivity index (χ0v) is 19.9. The molecule has 33 heavy (non-hydrogen) atoms. The van der Waals surface area contributed by atoms with E-state index in [9.17, 15) is 4.79 Å². The molecule has 0 bridgehead atoms. The zero-order chi connectivity index (χ0) is 23.0. The van der Waals surface area contributed by atoms with E-state index in [0.29, 0.717) is 6.04 Å². The Bertz CT molecular complexity index is 1010. The van der Waals surface area contributed by atoms with E-state index in [1.165, 1.54) is 11.3 Å². The second-order valence-electron chi connectivity index (χ2n) is 8.73. The lowest BCUT2D eigenvalue weighted by Gasteiger charge is -2.40. The number of rotatable bonds is 8. The van der Waals surface area contributed by atoms with Crippen LogP contribution in [0, 0.1) is 0 Å². The minimum absolute atomic E-state index is 0.104. The van der Waals surface area contributed by atoms with E-state index in [1.807, 2.05) is 30.9 Å². The number of nitrogens with zero attached hydrogens (tertiary/aromatic N) is 3. The molecule has 172 valence electrons. The van der Waals surface area contributed by atoms with Gasteiger partial charge in [0.2, 0.25) is 0 Å². The van der Waals surface area contributed by atoms with Gasteiger partial charge in [-0.3, -0.25) is 9.69 Å². The van der Waals surface area contributed by atoms with Crippen LogP contribution >= 0.6 is 0 Å². The third-order valence-electron chi connectivity index (χ3n) is 6.63. The summed E-state index contributed by atoms with van der Waals surface area (Å²) in [6, 6.07) is 29.9. The van der Waals surface area contributed by atoms with Crippen molar-refractivity contribution in [2.45, 2.75) is 39.3 Å². The van der Waals surface area contributed by atoms with Crippen LogP contribution in [-0.4, -0.2) is 47.9 Å². The molecule has 0 atom stereocenters. The molecule has 1 amide bonds. The van der Waals surface area contributed by atoms with Crippen LogP contribution in [0.5, 0.6) is 0 Å². The van der Waals surface area contributed by atoms with E-state index in [1.54, 1.807) is 0 Å². The summed E-state index contributed by atoms with van der Waals surface area (Å²) < 4.78 is 0. The lowest BCUT2D eigenvalue weighted by atomic mass is 10.00. The van der Waals surface area contributed by atoms with Crippen molar-refractivity contribution in [3.63, 3.8) is 0 Å². The number of amides is 1. The summed E-state index contributed by atoms with van der Waals surface area (Å²) >= 11 is 0. The summed E-state index contributed by atoms with van der Waals surface area (Å²) in [6.07, 6.45) is 2.19. The Hall–Kier alpha value is -3.11. The molecule has 0 aliphatic carbocycles. The molecular weight excluding hydrogens is 406 g/mol. The maximum atomic E-state index is 13.0. The highest BCUT2D eigenvalue weighted by Crippen LogP contribution is 2.33. The Kier molecular flexibility index (Phi) is 7.79. The lowest BCUT2D eigenvalue weighted by Crippen LogP contribution is -2.43. The summed E-state index contributed by atoms with van der Waals surface area (Å²) in [5.41, 5.74) is 4.42. The molecule has 0 radical (unpaired) electrons. The van der Waals surface area contributed by atoms with Crippen LogP contribution in [0.25, 0.3) is 0 Å². The number of carbonyl (C=O) groups is 1. The van der Waals surface area contributed by atoms with Crippen molar-refractivity contribution in [2.75, 3.05) is 31.1 Å². The van der Waals surface area contributed by atoms with Gasteiger partial charge in [0.25, 0.3) is 5.91 Å². The normalized spacial score (nSPS) is 14.7. The average Bonchev–Trinajstić information content (AvgIpc) is 2.87. The van der Waals surface area contributed by atoms with Gasteiger partial charge in [0, 0.05) is 55.7 Å². The van der Waals surface area contributed by atoms with Gasteiger partial charge < -0.3 is 9.80 Å². The van der Waals surface area contributed by atoms with E-state index in [4.69, 9.17) is 0 Å². The highest BCUT2D eigenvalue weighted by Gasteiger charge is 2.27. The second-order valence-corrected chi connectivity index (χ2v) is 8.73. The Balaban J connectivity index is 1.55. The molecule has 0 unspecified atom stereocenters. The second kappa shape index (κ2) is 11.2. The Morgan fingerprint density at radius 3 is 2.06 bits per heavy atom. The van der Waals surface area contributed by atoms with Crippen LogP contribution in [0.4, 0.5) is 11.4 Å². The number of piperidine rings is 1. The number of benzene rings is 3. The molecule has 3 aromatic carbocycles. The quantitative estimate of drug-likeness (QED) is 0.431. The standard InChI is InChI=1S/C29H35N3O/c1-3-31(4-2)29(33)25-14-11-17-28(22-25)32(26-15-9-6-10-16-26)27-18-20-30(21-19-27)23-24-12-7-5-8-13-24/h5-17,22,27H,3-4,18-21,23H2,1-2H3. The van der Waals surface area contributed by atoms with Crippen molar-refractivity contribution < 1.29 is 4.79 Å². The number of likely N-dealkylation sites (tertiary alicyclic amines) is 1. The van der Waals surface area contributed by atoms with Crippen LogP contribution in [0.2, 0.25) is 0 Å². The maximum Gasteiger partial charge on any atom is 0.253 e. The summed E-state index contributed by atoms with van der Waals surface area (Å²) in [7, 11) is 0. The fraction of sp³-hybridized carbons (Fsp3) is 0.345. The minimum atomic E-state index is 0.104. The molecule has 4 nitrogen and oxygen atoms in total. The summed E-state index contributed by atoms with van der Waals surface area (Å²) in [4.78, 5) is 19.9. The first kappa shape index (κ1) is 23.1. The first-order valence-electron chi connectivity index (χ1n) is 12.2. The molecule has 4 heteroatoms. The van der Waals surface area contributed by atoms with Gasteiger partial charge in [0.1, 0.15) is 0 Å². The number of hydrogen-bond acceptors (Lipinski definition) is 3. The van der Waals surface area contributed by atoms with Crippen molar-refractivity contribution in [1.82, 2.24) is 9.80 Å². The Morgan fingerprint density at radius 1 is 0.818 bits per heavy atom. The van der Waals surface area contributed by atoms with Crippen LogP contribution < -0.4 is 4.90 Å². The van der Waals surface area contributed by atoms with E-state index in [0.717, 1.165) is 56.8 Å². The highest BCUT2D eigenvalue weighted by atomic mass is 16.2. The first-order chi connectivity index (χ1) is 16.2. The van der Waals surface area contributed by atoms with Crippen LogP contribution in [0.1, 0.15) is 42.6 Å². The van der Waals surface area contributed by atoms with Gasteiger partial charge in [-0.2, -0.15) is 0 Å². The third kappa shape index (κ3) is 5.63. The third-order valence-corrected chi connectivity index (χ3v) is 6.63. The van der Waals surface area contributed by atoms with Gasteiger partial charge in [-0.15, -0.1) is 0 Å². The molecule has 1 saturated heterocycles. The molecule has 0 saturated carbocycles. The number of hydrogen-bond donors (Lipinski definition) is 0. The maximum absolute atomic E-state index is 13.0. The van der Waals surface area contributed by atoms with Gasteiger partial charge in [-0.25, -0.2) is 0 Å². The van der Waals surface area contributed by atoms with E-state index < -0.39 is 0 Å². The fourth-order valence-corrected chi connectivity index (χ4v) is 4.82. The molecule has 1 aliphatic heterocycles. The monoisotopic (exact) mass is 441 g/mol. The van der Waals surface area contributed by atoms with Gasteiger partial charge in [-0.05, 0) is 62.6 Å². The number of para-hydroxylation sites is 1. The van der Waals surface area contributed by atoms with Crippen molar-refractivity contribution in [3.05, 3.63) is 96.1 Å². The van der Waals surface area contributed by atoms with Crippen molar-refractivity contribution in [2.24, 2.45) is 0 Å². The van der Waals surface area contributed by atoms with Crippen molar-refractivity contribution in [1.29, 1.82) is 0 Å². The predicted molar refractivity (Wildman–Crippen MR) is 137 cm³/mol. The molecule has 1 heterocycles. The van der Waals surface area contributed by atoms with Crippen LogP contribution in [-0.2, 0) is 6.54 Å². The molecule has 0 spiro atoms. The summed E-state index contributed by atoms with van der Waals surface area (Å²) in [5, 5.41) is 0. The predicted octanol–water partition coefficient (Wildman–Crippen LogP) is 5.97. The molecule has 1 fully saturated rings. The van der Waals surface area contributed by atoms with Crippen LogP contribution in [0.15, 0.2) is 84.9 Å². The molecule has 1 aliphatic rings. The van der Waals surface area contributed by atoms with Crippen molar-refractivity contribution in [3.8, 4) is 0 Å². The molecule has 0 aromatic heterocycles. The van der Waals surface area contributed by atoms with Crippen LogP contribution in [0.3, 0.4) is 0 Å².